The Balaban J connectivity index is 1.80. The minimum atomic E-state index is -1.02. The Kier molecular flexibility index (Phi) is 6.31. The molecule has 0 aliphatic carbocycles. The van der Waals surface area contributed by atoms with E-state index in [1.165, 1.54) is 34.8 Å². The van der Waals surface area contributed by atoms with Gasteiger partial charge < -0.3 is 10.0 Å². The van der Waals surface area contributed by atoms with Gasteiger partial charge in [-0.1, -0.05) is 18.2 Å². The van der Waals surface area contributed by atoms with Gasteiger partial charge in [-0.15, -0.1) is 23.1 Å². The van der Waals surface area contributed by atoms with Crippen molar-refractivity contribution in [2.75, 3.05) is 19.3 Å². The molecule has 2 heterocycles. The van der Waals surface area contributed by atoms with E-state index in [0.29, 0.717) is 5.75 Å². The Morgan fingerprint density at radius 2 is 2.00 bits per heavy atom. The number of carbonyl (C=O) groups is 2. The third-order valence-corrected chi connectivity index (χ3v) is 6.38. The first-order chi connectivity index (χ1) is 13.4. The standard InChI is InChI=1S/C20H21N3O3S2/c1-12-4-5-14(8-13(12)2)15-10-28-20-18(15)19(21-11-22-20)27-7-6-16(24)23(3)9-17(25)26/h4-5,8,10-11H,6-7,9H2,1-3H3,(H,25,26). The number of hydrogen-bond donors (Lipinski definition) is 1. The fourth-order valence-corrected chi connectivity index (χ4v) is 4.72. The highest BCUT2D eigenvalue weighted by Crippen LogP contribution is 2.38. The highest BCUT2D eigenvalue weighted by molar-refractivity contribution is 7.99. The molecule has 3 rings (SSSR count). The van der Waals surface area contributed by atoms with Gasteiger partial charge in [0.25, 0.3) is 0 Å². The first-order valence-electron chi connectivity index (χ1n) is 8.75. The van der Waals surface area contributed by atoms with Crippen LogP contribution in [0.25, 0.3) is 21.3 Å². The molecule has 6 nitrogen and oxygen atoms in total. The fraction of sp³-hybridized carbons (Fsp3) is 0.300. The van der Waals surface area contributed by atoms with Crippen molar-refractivity contribution in [2.45, 2.75) is 25.3 Å². The van der Waals surface area contributed by atoms with Crippen LogP contribution in [-0.2, 0) is 9.59 Å². The lowest BCUT2D eigenvalue weighted by atomic mass is 10.0. The zero-order valence-corrected chi connectivity index (χ0v) is 17.6. The Bertz CT molecular complexity index is 1030. The molecule has 0 saturated heterocycles. The predicted molar refractivity (Wildman–Crippen MR) is 113 cm³/mol. The number of aliphatic carboxylic acids is 1. The summed E-state index contributed by atoms with van der Waals surface area (Å²) < 4.78 is 0. The molecule has 3 aromatic rings. The summed E-state index contributed by atoms with van der Waals surface area (Å²) in [6.07, 6.45) is 1.80. The second kappa shape index (κ2) is 8.70. The molecule has 0 fully saturated rings. The Morgan fingerprint density at radius 1 is 1.21 bits per heavy atom. The van der Waals surface area contributed by atoms with Crippen LogP contribution in [0.2, 0.25) is 0 Å². The van der Waals surface area contributed by atoms with Gasteiger partial charge in [0.1, 0.15) is 22.7 Å². The van der Waals surface area contributed by atoms with E-state index < -0.39 is 5.97 Å². The van der Waals surface area contributed by atoms with Crippen molar-refractivity contribution >= 4 is 45.2 Å². The maximum Gasteiger partial charge on any atom is 0.323 e. The maximum atomic E-state index is 12.1. The van der Waals surface area contributed by atoms with E-state index in [0.717, 1.165) is 26.4 Å². The second-order valence-corrected chi connectivity index (χ2v) is 8.49. The first kappa shape index (κ1) is 20.3. The monoisotopic (exact) mass is 415 g/mol. The number of hydrogen-bond acceptors (Lipinski definition) is 6. The van der Waals surface area contributed by atoms with Gasteiger partial charge in [-0.3, -0.25) is 9.59 Å². The molecule has 0 aliphatic rings. The van der Waals surface area contributed by atoms with Crippen LogP contribution in [0, 0.1) is 13.8 Å². The Morgan fingerprint density at radius 3 is 2.71 bits per heavy atom. The van der Waals surface area contributed by atoms with Gasteiger partial charge in [0.15, 0.2) is 0 Å². The van der Waals surface area contributed by atoms with Gasteiger partial charge >= 0.3 is 5.97 Å². The SMILES string of the molecule is Cc1ccc(-c2csc3ncnc(SCCC(=O)N(C)CC(=O)O)c23)cc1C. The molecule has 146 valence electrons. The molecule has 0 saturated carbocycles. The van der Waals surface area contributed by atoms with Gasteiger partial charge in [-0.25, -0.2) is 9.97 Å². The average molecular weight is 416 g/mol. The van der Waals surface area contributed by atoms with Crippen LogP contribution in [0.1, 0.15) is 17.5 Å². The van der Waals surface area contributed by atoms with Gasteiger partial charge in [-0.2, -0.15) is 0 Å². The number of nitrogens with zero attached hydrogens (tertiary/aromatic N) is 3. The predicted octanol–water partition coefficient (Wildman–Crippen LogP) is 4.00. The van der Waals surface area contributed by atoms with E-state index in [4.69, 9.17) is 5.11 Å². The molecule has 1 amide bonds. The highest BCUT2D eigenvalue weighted by Gasteiger charge is 2.16. The normalized spacial score (nSPS) is 11.0. The third kappa shape index (κ3) is 4.51. The van der Waals surface area contributed by atoms with Crippen LogP contribution in [0.15, 0.2) is 34.9 Å². The third-order valence-electron chi connectivity index (χ3n) is 4.51. The molecular weight excluding hydrogens is 394 g/mol. The van der Waals surface area contributed by atoms with E-state index in [9.17, 15) is 9.59 Å². The smallest absolute Gasteiger partial charge is 0.323 e. The molecule has 28 heavy (non-hydrogen) atoms. The summed E-state index contributed by atoms with van der Waals surface area (Å²) in [6, 6.07) is 6.39. The number of benzene rings is 1. The molecule has 1 aromatic carbocycles. The number of thioether (sulfide) groups is 1. The lowest BCUT2D eigenvalue weighted by molar-refractivity contribution is -0.143. The molecule has 0 radical (unpaired) electrons. The Labute approximate surface area is 171 Å². The average Bonchev–Trinajstić information content (AvgIpc) is 3.08. The molecule has 0 unspecified atom stereocenters. The lowest BCUT2D eigenvalue weighted by Crippen LogP contribution is -2.32. The number of aromatic nitrogens is 2. The number of rotatable bonds is 7. The lowest BCUT2D eigenvalue weighted by Gasteiger charge is -2.14. The number of carboxylic acid groups (broad SMARTS) is 1. The molecule has 0 aliphatic heterocycles. The molecule has 0 atom stereocenters. The van der Waals surface area contributed by atoms with Crippen molar-refractivity contribution in [1.29, 1.82) is 0 Å². The van der Waals surface area contributed by atoms with Crippen LogP contribution < -0.4 is 0 Å². The highest BCUT2D eigenvalue weighted by atomic mass is 32.2. The number of thiophene rings is 1. The van der Waals surface area contributed by atoms with Gasteiger partial charge in [0.05, 0.1) is 5.39 Å². The quantitative estimate of drug-likeness (QED) is 0.464. The molecular formula is C20H21N3O3S2. The second-order valence-electron chi connectivity index (χ2n) is 6.55. The summed E-state index contributed by atoms with van der Waals surface area (Å²) in [5.41, 5.74) is 4.71. The van der Waals surface area contributed by atoms with E-state index in [2.05, 4.69) is 47.4 Å². The van der Waals surface area contributed by atoms with E-state index in [1.54, 1.807) is 17.7 Å². The van der Waals surface area contributed by atoms with Crippen LogP contribution in [0.5, 0.6) is 0 Å². The van der Waals surface area contributed by atoms with E-state index in [-0.39, 0.29) is 18.9 Å². The van der Waals surface area contributed by atoms with Crippen LogP contribution in [0.3, 0.4) is 0 Å². The van der Waals surface area contributed by atoms with Gasteiger partial charge in [0, 0.05) is 30.2 Å². The van der Waals surface area contributed by atoms with Crippen LogP contribution in [0.4, 0.5) is 0 Å². The molecule has 0 bridgehead atoms. The summed E-state index contributed by atoms with van der Waals surface area (Å²) in [6.45, 7) is 3.90. The summed E-state index contributed by atoms with van der Waals surface area (Å²) in [5, 5.41) is 12.7. The van der Waals surface area contributed by atoms with Crippen LogP contribution in [-0.4, -0.2) is 51.2 Å². The number of carboxylic acids is 1. The topological polar surface area (TPSA) is 83.4 Å². The minimum absolute atomic E-state index is 0.195. The van der Waals surface area contributed by atoms with Crippen molar-refractivity contribution in [3.8, 4) is 11.1 Å². The van der Waals surface area contributed by atoms with Crippen molar-refractivity contribution in [3.63, 3.8) is 0 Å². The molecule has 1 N–H and O–H groups in total. The largest absolute Gasteiger partial charge is 0.480 e. The number of amides is 1. The summed E-state index contributed by atoms with van der Waals surface area (Å²) in [7, 11) is 1.50. The van der Waals surface area contributed by atoms with Crippen molar-refractivity contribution in [1.82, 2.24) is 14.9 Å². The maximum absolute atomic E-state index is 12.1. The van der Waals surface area contributed by atoms with Crippen molar-refractivity contribution < 1.29 is 14.7 Å². The zero-order chi connectivity index (χ0) is 20.3. The van der Waals surface area contributed by atoms with E-state index in [1.807, 2.05) is 0 Å². The zero-order valence-electron chi connectivity index (χ0n) is 15.9. The summed E-state index contributed by atoms with van der Waals surface area (Å²) >= 11 is 3.08. The number of likely N-dealkylation sites (N-methyl/N-ethyl adjacent to an activating group) is 1. The van der Waals surface area contributed by atoms with Crippen molar-refractivity contribution in [3.05, 3.63) is 41.0 Å². The Hall–Kier alpha value is -2.45. The summed E-state index contributed by atoms with van der Waals surface area (Å²) in [5.74, 6) is -0.686. The first-order valence-corrected chi connectivity index (χ1v) is 10.6. The number of fused-ring (bicyclic) bond motifs is 1. The number of aryl methyl sites for hydroxylation is 2. The number of carbonyl (C=O) groups excluding carboxylic acids is 1. The van der Waals surface area contributed by atoms with Crippen molar-refractivity contribution in [2.24, 2.45) is 0 Å². The fourth-order valence-electron chi connectivity index (χ4n) is 2.80. The minimum Gasteiger partial charge on any atom is -0.480 e. The van der Waals surface area contributed by atoms with E-state index >= 15 is 0 Å². The summed E-state index contributed by atoms with van der Waals surface area (Å²) in [4.78, 5) is 33.8. The molecule has 8 heteroatoms. The van der Waals surface area contributed by atoms with Gasteiger partial charge in [-0.05, 0) is 30.5 Å². The van der Waals surface area contributed by atoms with Gasteiger partial charge in [0.2, 0.25) is 5.91 Å². The molecule has 0 spiro atoms. The molecule has 2 aromatic heterocycles. The van der Waals surface area contributed by atoms with Crippen LogP contribution >= 0.6 is 23.1 Å².